The Bertz CT molecular complexity index is 3000. The van der Waals surface area contributed by atoms with Crippen LogP contribution in [0.25, 0.3) is 0 Å². The molecule has 0 aromatic rings. The van der Waals surface area contributed by atoms with Crippen molar-refractivity contribution in [1.82, 2.24) is 65.8 Å². The van der Waals surface area contributed by atoms with Gasteiger partial charge in [0.25, 0.3) is 0 Å². The van der Waals surface area contributed by atoms with Crippen LogP contribution in [0.1, 0.15) is 238 Å². The summed E-state index contributed by atoms with van der Waals surface area (Å²) in [6, 6.07) is -12.6. The molecule has 2 saturated carbocycles. The summed E-state index contributed by atoms with van der Waals surface area (Å²) in [5.74, 6) is -8.38. The number of hydrogen-bond acceptors (Lipinski definition) is 15. The molecular formula is C81H143N13O14. The second-order valence-electron chi connectivity index (χ2n) is 35.2. The number of nitrogens with zero attached hydrogens (tertiary/aromatic N) is 8. The van der Waals surface area contributed by atoms with Gasteiger partial charge in [0, 0.05) is 81.4 Å². The molecule has 616 valence electrons. The topological polar surface area (TPSA) is 320 Å². The number of nitrogens with one attached hydrogen (secondary N) is 5. The third-order valence-electron chi connectivity index (χ3n) is 23.5. The second kappa shape index (κ2) is 42.8. The van der Waals surface area contributed by atoms with E-state index in [2.05, 4.69) is 26.6 Å². The molecule has 2 aliphatic carbocycles. The maximum absolute atomic E-state index is 16.1. The number of amides is 12. The van der Waals surface area contributed by atoms with Crippen LogP contribution in [0.15, 0.2) is 0 Å². The maximum Gasteiger partial charge on any atom is 0.248 e. The van der Waals surface area contributed by atoms with Gasteiger partial charge in [-0.3, -0.25) is 57.5 Å². The van der Waals surface area contributed by atoms with Gasteiger partial charge < -0.3 is 75.6 Å². The molecule has 27 nitrogen and oxygen atoms in total. The lowest BCUT2D eigenvalue weighted by Crippen LogP contribution is -2.63. The molecule has 0 aromatic carbocycles. The standard InChI is InChI=1S/C81H143N13O14/c1-22-53(10)69-79(106)93(21)66(44-55-32-25-23-26-33-55)78(105)91(19)64(45-56-47-82-58-35-28-27-34-57(56)58)72(99)84-60(48-108-81(12,13)14)75(102)89(17)63(42-51(6)7)74(101)86-70(54(11)95)80(107)92(20)65(43-52(8)9)77(104)90(18)62(41-50(4)5)71(98)83-59(76(103)94-38-29-24-30-39-94)46-68(97)87(15)37-31-36-67(96)88(16)61(40-49(2)3)73(100)85-69/h49-66,69-70,82,95H,22-48H2,1-21H3,(H,83,98)(H,84,99)(H,85,100)(H,86,101)/t53-,54+,56?,57?,58?,59-,60-,61-,62-,63-,64-,65-,66-,69-,70-/m0/s1. The van der Waals surface area contributed by atoms with Crippen LogP contribution in [0.3, 0.4) is 0 Å². The number of likely N-dealkylation sites (tertiary alicyclic amines) is 1. The van der Waals surface area contributed by atoms with Gasteiger partial charge in [-0.2, -0.15) is 0 Å². The number of ether oxygens (including phenoxy) is 1. The number of piperidine rings is 1. The highest BCUT2D eigenvalue weighted by molar-refractivity contribution is 6.00. The molecule has 12 amide bonds. The fourth-order valence-corrected chi connectivity index (χ4v) is 16.5. The molecule has 0 radical (unpaired) electrons. The van der Waals surface area contributed by atoms with E-state index < -0.39 is 155 Å². The number of aliphatic hydroxyl groups is 1. The van der Waals surface area contributed by atoms with Gasteiger partial charge in [-0.15, -0.1) is 0 Å². The Kier molecular flexibility index (Phi) is 36.5. The first-order chi connectivity index (χ1) is 50.6. The van der Waals surface area contributed by atoms with Gasteiger partial charge in [-0.25, -0.2) is 0 Å². The van der Waals surface area contributed by atoms with Gasteiger partial charge in [-0.05, 0) is 159 Å². The van der Waals surface area contributed by atoms with Crippen LogP contribution in [0.4, 0.5) is 0 Å². The normalized spacial score (nSPS) is 29.3. The largest absolute Gasteiger partial charge is 0.391 e. The van der Waals surface area contributed by atoms with E-state index in [-0.39, 0.29) is 112 Å². The van der Waals surface area contributed by atoms with Crippen molar-refractivity contribution in [1.29, 1.82) is 0 Å². The number of aliphatic hydroxyl groups excluding tert-OH is 1. The van der Waals surface area contributed by atoms with Gasteiger partial charge in [0.1, 0.15) is 60.4 Å². The van der Waals surface area contributed by atoms with E-state index in [0.29, 0.717) is 26.1 Å². The first-order valence-corrected chi connectivity index (χ1v) is 41.0. The van der Waals surface area contributed by atoms with Gasteiger partial charge in [0.15, 0.2) is 0 Å². The van der Waals surface area contributed by atoms with Crippen LogP contribution in [0.2, 0.25) is 0 Å². The maximum atomic E-state index is 16.1. The molecule has 3 heterocycles. The third kappa shape index (κ3) is 26.3. The van der Waals surface area contributed by atoms with Crippen LogP contribution in [0, 0.1) is 47.3 Å². The van der Waals surface area contributed by atoms with Crippen molar-refractivity contribution < 1.29 is 67.4 Å². The fourth-order valence-electron chi connectivity index (χ4n) is 16.5. The Morgan fingerprint density at radius 2 is 0.935 bits per heavy atom. The number of carbonyl (C=O) groups is 12. The Hall–Kier alpha value is -6.48. The van der Waals surface area contributed by atoms with Crippen LogP contribution in [-0.2, 0) is 62.3 Å². The summed E-state index contributed by atoms with van der Waals surface area (Å²) < 4.78 is 6.35. The fraction of sp³-hybridized carbons (Fsp3) is 0.852. The average Bonchev–Trinajstić information content (AvgIpc) is 1.45. The minimum Gasteiger partial charge on any atom is -0.391 e. The zero-order valence-corrected chi connectivity index (χ0v) is 70.0. The van der Waals surface area contributed by atoms with Crippen LogP contribution in [0.5, 0.6) is 0 Å². The Morgan fingerprint density at radius 3 is 1.48 bits per heavy atom. The molecule has 5 fully saturated rings. The smallest absolute Gasteiger partial charge is 0.248 e. The highest BCUT2D eigenvalue weighted by Crippen LogP contribution is 2.38. The third-order valence-corrected chi connectivity index (χ3v) is 23.5. The predicted molar refractivity (Wildman–Crippen MR) is 417 cm³/mol. The van der Waals surface area contributed by atoms with Crippen molar-refractivity contribution >= 4 is 70.9 Å². The molecule has 0 bridgehead atoms. The van der Waals surface area contributed by atoms with E-state index in [4.69, 9.17) is 4.74 Å². The zero-order valence-electron chi connectivity index (χ0n) is 70.0. The van der Waals surface area contributed by atoms with Gasteiger partial charge in [-0.1, -0.05) is 121 Å². The molecule has 0 spiro atoms. The van der Waals surface area contributed by atoms with E-state index in [1.165, 1.54) is 57.5 Å². The molecule has 3 saturated heterocycles. The first-order valence-electron chi connectivity index (χ1n) is 41.0. The molecular weight excluding hydrogens is 1380 g/mol. The van der Waals surface area contributed by atoms with Gasteiger partial charge in [0.05, 0.1) is 24.7 Å². The van der Waals surface area contributed by atoms with E-state index in [1.54, 1.807) is 53.9 Å². The number of hydrogen-bond donors (Lipinski definition) is 6. The minimum atomic E-state index is -1.68. The molecule has 27 heteroatoms. The zero-order chi connectivity index (χ0) is 80.9. The van der Waals surface area contributed by atoms with Crippen molar-refractivity contribution in [3.05, 3.63) is 0 Å². The molecule has 5 aliphatic rings. The second-order valence-corrected chi connectivity index (χ2v) is 35.2. The van der Waals surface area contributed by atoms with Crippen molar-refractivity contribution in [2.75, 3.05) is 82.1 Å². The number of fused-ring (bicyclic) bond motifs is 1. The predicted octanol–water partition coefficient (Wildman–Crippen LogP) is 6.11. The molecule has 3 aliphatic heterocycles. The summed E-state index contributed by atoms with van der Waals surface area (Å²) in [6.07, 6.45) is 10.2. The average molecular weight is 1520 g/mol. The van der Waals surface area contributed by atoms with Crippen LogP contribution in [-0.4, -0.2) is 275 Å². The summed E-state index contributed by atoms with van der Waals surface area (Å²) in [5, 5.41) is 27.1. The lowest BCUT2D eigenvalue weighted by molar-refractivity contribution is -0.152. The van der Waals surface area contributed by atoms with E-state index >= 15 is 43.2 Å². The van der Waals surface area contributed by atoms with Crippen molar-refractivity contribution in [2.45, 2.75) is 316 Å². The monoisotopic (exact) mass is 1520 g/mol. The molecule has 5 rings (SSSR count). The molecule has 0 aromatic heterocycles. The molecule has 3 unspecified atom stereocenters. The van der Waals surface area contributed by atoms with Crippen molar-refractivity contribution in [3.8, 4) is 0 Å². The highest BCUT2D eigenvalue weighted by Gasteiger charge is 2.47. The van der Waals surface area contributed by atoms with Crippen LogP contribution < -0.4 is 26.6 Å². The summed E-state index contributed by atoms with van der Waals surface area (Å²) in [4.78, 5) is 193. The summed E-state index contributed by atoms with van der Waals surface area (Å²) in [7, 11) is 10.5. The van der Waals surface area contributed by atoms with Crippen molar-refractivity contribution in [3.63, 3.8) is 0 Å². The Balaban J connectivity index is 1.70. The summed E-state index contributed by atoms with van der Waals surface area (Å²) in [6.45, 7) is 26.6. The number of carbonyl (C=O) groups excluding carboxylic acids is 12. The Labute approximate surface area is 647 Å². The van der Waals surface area contributed by atoms with E-state index in [9.17, 15) is 19.5 Å². The minimum absolute atomic E-state index is 0.0389. The lowest BCUT2D eigenvalue weighted by atomic mass is 9.77. The van der Waals surface area contributed by atoms with E-state index in [1.807, 2.05) is 69.2 Å². The van der Waals surface area contributed by atoms with Gasteiger partial charge in [0.2, 0.25) is 70.9 Å². The Morgan fingerprint density at radius 1 is 0.481 bits per heavy atom. The summed E-state index contributed by atoms with van der Waals surface area (Å²) >= 11 is 0. The molecule has 6 N–H and O–H groups in total. The van der Waals surface area contributed by atoms with E-state index in [0.717, 1.165) is 81.9 Å². The summed E-state index contributed by atoms with van der Waals surface area (Å²) in [5.41, 5.74) is -0.851. The SMILES string of the molecule is CC[C@H](C)[C@@H]1NC(=O)[C@H](CC(C)C)N(C)C(=O)CCCN(C)C(=O)C[C@@H](C(=O)N2CCCCC2)NC(=O)[C@H](CC(C)C)N(C)C(=O)[C@H](CC(C)C)N(C)C(=O)[C@H]([C@@H](C)O)NC(=O)[C@H](CC(C)C)N(C)C(=O)[C@H](COC(C)(C)C)NC(=O)[C@H](CC2CNC3CCCCC23)N(C)C(=O)[C@H](CC2CCCCC2)N(C)C1=O. The van der Waals surface area contributed by atoms with Gasteiger partial charge >= 0.3 is 0 Å². The first kappa shape index (κ1) is 92.1. The molecule has 108 heavy (non-hydrogen) atoms. The number of rotatable bonds is 18. The lowest BCUT2D eigenvalue weighted by Gasteiger charge is -2.40. The highest BCUT2D eigenvalue weighted by atomic mass is 16.5. The quantitative estimate of drug-likeness (QED) is 0.0902. The van der Waals surface area contributed by atoms with Crippen LogP contribution >= 0.6 is 0 Å². The number of likely N-dealkylation sites (N-methyl/N-ethyl adjacent to an activating group) is 6. The van der Waals surface area contributed by atoms with Crippen molar-refractivity contribution in [2.24, 2.45) is 47.3 Å². The molecule has 15 atom stereocenters.